The molecule has 25 heavy (non-hydrogen) atoms. The molecule has 4 rings (SSSR count). The second-order valence-electron chi connectivity index (χ2n) is 5.60. The fourth-order valence-electron chi connectivity index (χ4n) is 2.90. The number of phenols is 1. The van der Waals surface area contributed by atoms with E-state index < -0.39 is 0 Å². The van der Waals surface area contributed by atoms with Crippen molar-refractivity contribution in [3.63, 3.8) is 0 Å². The molecule has 3 N–H and O–H groups in total. The zero-order chi connectivity index (χ0) is 17.4. The second-order valence-corrected chi connectivity index (χ2v) is 5.60. The van der Waals surface area contributed by atoms with Gasteiger partial charge in [0.2, 0.25) is 0 Å². The van der Waals surface area contributed by atoms with E-state index >= 15 is 0 Å². The van der Waals surface area contributed by atoms with Gasteiger partial charge in [0.1, 0.15) is 17.3 Å². The van der Waals surface area contributed by atoms with Crippen molar-refractivity contribution in [3.05, 3.63) is 60.9 Å². The Kier molecular flexibility index (Phi) is 3.50. The summed E-state index contributed by atoms with van der Waals surface area (Å²) in [6.45, 7) is 0. The molecule has 0 unspecified atom stereocenters. The lowest BCUT2D eigenvalue weighted by molar-refractivity contribution is 0.416. The molecule has 0 aliphatic carbocycles. The van der Waals surface area contributed by atoms with Crippen LogP contribution in [0.15, 0.2) is 60.9 Å². The average Bonchev–Trinajstić information content (AvgIpc) is 3.07. The van der Waals surface area contributed by atoms with Crippen LogP contribution in [-0.2, 0) is 0 Å². The highest BCUT2D eigenvalue weighted by molar-refractivity contribution is 5.84. The fourth-order valence-corrected chi connectivity index (χ4v) is 2.90. The van der Waals surface area contributed by atoms with Crippen molar-refractivity contribution >= 4 is 11.5 Å². The zero-order valence-electron chi connectivity index (χ0n) is 13.5. The summed E-state index contributed by atoms with van der Waals surface area (Å²) in [5.41, 5.74) is 10.2. The number of anilines is 1. The van der Waals surface area contributed by atoms with Gasteiger partial charge in [-0.25, -0.2) is 4.98 Å². The third-order valence-corrected chi connectivity index (χ3v) is 4.12. The Morgan fingerprint density at radius 1 is 1.00 bits per heavy atom. The Morgan fingerprint density at radius 3 is 2.64 bits per heavy atom. The number of fused-ring (bicyclic) bond motifs is 1. The van der Waals surface area contributed by atoms with Crippen molar-refractivity contribution in [3.8, 4) is 33.8 Å². The highest BCUT2D eigenvalue weighted by Crippen LogP contribution is 2.34. The van der Waals surface area contributed by atoms with E-state index in [0.717, 1.165) is 22.4 Å². The number of benzene rings is 2. The zero-order valence-corrected chi connectivity index (χ0v) is 13.5. The maximum Gasteiger partial charge on any atom is 0.165 e. The number of ether oxygens (including phenoxy) is 1. The van der Waals surface area contributed by atoms with Gasteiger partial charge < -0.3 is 15.6 Å². The first-order valence-electron chi connectivity index (χ1n) is 7.74. The molecule has 124 valence electrons. The third-order valence-electron chi connectivity index (χ3n) is 4.12. The number of methoxy groups -OCH3 is 1. The summed E-state index contributed by atoms with van der Waals surface area (Å²) in [5.74, 6) is 1.37. The molecule has 0 saturated carbocycles. The molecular weight excluding hydrogens is 316 g/mol. The molecule has 0 aliphatic rings. The quantitative estimate of drug-likeness (QED) is 0.601. The largest absolute Gasteiger partial charge is 0.508 e. The third kappa shape index (κ3) is 2.44. The summed E-state index contributed by atoms with van der Waals surface area (Å²) >= 11 is 0. The average molecular weight is 332 g/mol. The number of phenolic OH excluding ortho intramolecular Hbond substituents is 1. The predicted molar refractivity (Wildman–Crippen MR) is 96.5 cm³/mol. The maximum atomic E-state index is 9.69. The van der Waals surface area contributed by atoms with Gasteiger partial charge >= 0.3 is 0 Å². The molecule has 0 aliphatic heterocycles. The van der Waals surface area contributed by atoms with Gasteiger partial charge in [-0.05, 0) is 23.8 Å². The number of hydrogen-bond donors (Lipinski definition) is 2. The summed E-state index contributed by atoms with van der Waals surface area (Å²) in [5, 5.41) is 14.1. The Labute approximate surface area is 144 Å². The molecule has 0 saturated heterocycles. The smallest absolute Gasteiger partial charge is 0.165 e. The van der Waals surface area contributed by atoms with Crippen molar-refractivity contribution in [2.24, 2.45) is 0 Å². The van der Waals surface area contributed by atoms with E-state index in [0.29, 0.717) is 17.0 Å². The van der Waals surface area contributed by atoms with Crippen LogP contribution in [0.5, 0.6) is 11.5 Å². The molecule has 0 fully saturated rings. The number of nitrogen functional groups attached to an aromatic ring is 1. The first kappa shape index (κ1) is 15.0. The van der Waals surface area contributed by atoms with Crippen LogP contribution in [0.25, 0.3) is 27.9 Å². The lowest BCUT2D eigenvalue weighted by Crippen LogP contribution is -2.02. The van der Waals surface area contributed by atoms with Gasteiger partial charge in [0.15, 0.2) is 5.65 Å². The van der Waals surface area contributed by atoms with Gasteiger partial charge in [-0.3, -0.25) is 0 Å². The summed E-state index contributed by atoms with van der Waals surface area (Å²) in [6.07, 6.45) is 3.42. The molecule has 6 heteroatoms. The van der Waals surface area contributed by atoms with Crippen molar-refractivity contribution in [2.75, 3.05) is 12.8 Å². The number of rotatable bonds is 3. The van der Waals surface area contributed by atoms with Gasteiger partial charge in [-0.15, -0.1) is 0 Å². The first-order valence-corrected chi connectivity index (χ1v) is 7.74. The number of para-hydroxylation sites is 1. The van der Waals surface area contributed by atoms with Crippen LogP contribution in [0.2, 0.25) is 0 Å². The minimum atomic E-state index is 0.173. The van der Waals surface area contributed by atoms with E-state index in [2.05, 4.69) is 10.1 Å². The van der Waals surface area contributed by atoms with Crippen LogP contribution in [0.4, 0.5) is 5.82 Å². The molecule has 0 atom stereocenters. The minimum Gasteiger partial charge on any atom is -0.508 e. The summed E-state index contributed by atoms with van der Waals surface area (Å²) in [6, 6.07) is 14.6. The molecule has 0 amide bonds. The summed E-state index contributed by atoms with van der Waals surface area (Å²) in [4.78, 5) is 4.54. The van der Waals surface area contributed by atoms with Crippen LogP contribution in [0.1, 0.15) is 0 Å². The molecule has 0 bridgehead atoms. The number of aromatic hydroxyl groups is 1. The highest BCUT2D eigenvalue weighted by Gasteiger charge is 2.16. The van der Waals surface area contributed by atoms with E-state index in [1.807, 2.05) is 30.3 Å². The van der Waals surface area contributed by atoms with Crippen molar-refractivity contribution in [2.45, 2.75) is 0 Å². The second kappa shape index (κ2) is 5.83. The van der Waals surface area contributed by atoms with E-state index in [4.69, 9.17) is 10.5 Å². The Morgan fingerprint density at radius 2 is 1.84 bits per heavy atom. The van der Waals surface area contributed by atoms with E-state index in [1.165, 1.54) is 0 Å². The normalized spacial score (nSPS) is 10.9. The van der Waals surface area contributed by atoms with Crippen LogP contribution in [-0.4, -0.2) is 26.8 Å². The number of nitrogens with two attached hydrogens (primary N) is 1. The topological polar surface area (TPSA) is 85.7 Å². The maximum absolute atomic E-state index is 9.69. The van der Waals surface area contributed by atoms with Gasteiger partial charge in [-0.1, -0.05) is 30.3 Å². The van der Waals surface area contributed by atoms with Crippen LogP contribution in [0.3, 0.4) is 0 Å². The minimum absolute atomic E-state index is 0.173. The van der Waals surface area contributed by atoms with Crippen molar-refractivity contribution in [1.29, 1.82) is 0 Å². The lowest BCUT2D eigenvalue weighted by atomic mass is 10.1. The van der Waals surface area contributed by atoms with E-state index in [1.54, 1.807) is 42.2 Å². The SMILES string of the molecule is COc1ccccc1-c1cnn2c(N)c(-c3cccc(O)c3)cnc12. The molecule has 0 radical (unpaired) electrons. The first-order chi connectivity index (χ1) is 12.2. The number of aromatic nitrogens is 3. The van der Waals surface area contributed by atoms with Crippen molar-refractivity contribution in [1.82, 2.24) is 14.6 Å². The molecule has 2 heterocycles. The van der Waals surface area contributed by atoms with E-state index in [-0.39, 0.29) is 5.75 Å². The van der Waals surface area contributed by atoms with Gasteiger partial charge in [0, 0.05) is 17.3 Å². The molecular formula is C19H16N4O2. The van der Waals surface area contributed by atoms with Gasteiger partial charge in [-0.2, -0.15) is 9.61 Å². The Balaban J connectivity index is 1.91. The summed E-state index contributed by atoms with van der Waals surface area (Å²) in [7, 11) is 1.63. The fraction of sp³-hybridized carbons (Fsp3) is 0.0526. The van der Waals surface area contributed by atoms with E-state index in [9.17, 15) is 5.11 Å². The standard InChI is InChI=1S/C19H16N4O2/c1-25-17-8-3-2-7-14(17)16-11-22-23-18(20)15(10-21-19(16)23)12-5-4-6-13(24)9-12/h2-11,24H,20H2,1H3. The highest BCUT2D eigenvalue weighted by atomic mass is 16.5. The Bertz CT molecular complexity index is 1070. The van der Waals surface area contributed by atoms with Crippen LogP contribution in [0, 0.1) is 0 Å². The van der Waals surface area contributed by atoms with Crippen molar-refractivity contribution < 1.29 is 9.84 Å². The molecule has 2 aromatic carbocycles. The molecule has 2 aromatic heterocycles. The lowest BCUT2D eigenvalue weighted by Gasteiger charge is -2.09. The predicted octanol–water partition coefficient (Wildman–Crippen LogP) is 3.36. The van der Waals surface area contributed by atoms with Gasteiger partial charge in [0.25, 0.3) is 0 Å². The number of hydrogen-bond acceptors (Lipinski definition) is 5. The Hall–Kier alpha value is -3.54. The van der Waals surface area contributed by atoms with Crippen LogP contribution >= 0.6 is 0 Å². The monoisotopic (exact) mass is 332 g/mol. The molecule has 4 aromatic rings. The van der Waals surface area contributed by atoms with Crippen LogP contribution < -0.4 is 10.5 Å². The summed E-state index contributed by atoms with van der Waals surface area (Å²) < 4.78 is 7.03. The molecule has 6 nitrogen and oxygen atoms in total. The van der Waals surface area contributed by atoms with Gasteiger partial charge in [0.05, 0.1) is 18.9 Å². The molecule has 0 spiro atoms. The number of nitrogens with zero attached hydrogens (tertiary/aromatic N) is 3.